The van der Waals surface area contributed by atoms with E-state index < -0.39 is 10.0 Å². The van der Waals surface area contributed by atoms with Gasteiger partial charge in [0.1, 0.15) is 0 Å². The largest absolute Gasteiger partial charge is 0.326 e. The van der Waals surface area contributed by atoms with E-state index in [1.54, 1.807) is 18.2 Å². The molecule has 0 amide bonds. The molecular weight excluding hydrogens is 260 g/mol. The van der Waals surface area contributed by atoms with Gasteiger partial charge in [-0.1, -0.05) is 26.3 Å². The predicted octanol–water partition coefficient (Wildman–Crippen LogP) is 2.26. The summed E-state index contributed by atoms with van der Waals surface area (Å²) in [6.07, 6.45) is 1.87. The molecule has 1 aromatic rings. The zero-order valence-electron chi connectivity index (χ0n) is 12.0. The van der Waals surface area contributed by atoms with Crippen molar-refractivity contribution >= 4 is 10.0 Å². The number of sulfonamides is 1. The zero-order valence-corrected chi connectivity index (χ0v) is 12.8. The third-order valence-electron chi connectivity index (χ3n) is 3.29. The van der Waals surface area contributed by atoms with Crippen molar-refractivity contribution < 1.29 is 8.42 Å². The summed E-state index contributed by atoms with van der Waals surface area (Å²) in [5.41, 5.74) is 7.51. The highest BCUT2D eigenvalue weighted by atomic mass is 32.2. The van der Waals surface area contributed by atoms with Crippen molar-refractivity contribution in [1.29, 1.82) is 0 Å². The first kappa shape index (κ1) is 16.1. The Labute approximate surface area is 116 Å². The van der Waals surface area contributed by atoms with Crippen LogP contribution < -0.4 is 5.73 Å². The van der Waals surface area contributed by atoms with E-state index in [4.69, 9.17) is 5.73 Å². The van der Waals surface area contributed by atoms with E-state index >= 15 is 0 Å². The Morgan fingerprint density at radius 1 is 1.26 bits per heavy atom. The van der Waals surface area contributed by atoms with Crippen molar-refractivity contribution in [1.82, 2.24) is 4.31 Å². The van der Waals surface area contributed by atoms with Gasteiger partial charge in [-0.2, -0.15) is 4.31 Å². The van der Waals surface area contributed by atoms with Gasteiger partial charge in [-0.15, -0.1) is 0 Å². The molecule has 0 heterocycles. The molecule has 0 aromatic heterocycles. The molecule has 0 atom stereocenters. The van der Waals surface area contributed by atoms with Gasteiger partial charge >= 0.3 is 0 Å². The summed E-state index contributed by atoms with van der Waals surface area (Å²) in [6.45, 7) is 7.32. The van der Waals surface area contributed by atoms with Crippen LogP contribution in [0.1, 0.15) is 37.8 Å². The molecule has 0 unspecified atom stereocenters. The Hall–Kier alpha value is -0.910. The van der Waals surface area contributed by atoms with E-state index in [2.05, 4.69) is 6.92 Å². The molecule has 2 N–H and O–H groups in total. The molecule has 0 aliphatic heterocycles. The van der Waals surface area contributed by atoms with E-state index in [0.29, 0.717) is 24.5 Å². The van der Waals surface area contributed by atoms with Crippen LogP contribution in [0.3, 0.4) is 0 Å². The third-order valence-corrected chi connectivity index (χ3v) is 5.26. The molecule has 108 valence electrons. The van der Waals surface area contributed by atoms with Crippen molar-refractivity contribution in [3.8, 4) is 0 Å². The van der Waals surface area contributed by atoms with E-state index in [1.165, 1.54) is 4.31 Å². The van der Waals surface area contributed by atoms with Crippen LogP contribution in [0.2, 0.25) is 0 Å². The fraction of sp³-hybridized carbons (Fsp3) is 0.571. The molecule has 5 heteroatoms. The van der Waals surface area contributed by atoms with Gasteiger partial charge in [0.15, 0.2) is 0 Å². The predicted molar refractivity (Wildman–Crippen MR) is 78.4 cm³/mol. The number of nitrogens with two attached hydrogens (primary N) is 1. The molecule has 1 aromatic carbocycles. The van der Waals surface area contributed by atoms with E-state index in [9.17, 15) is 8.42 Å². The van der Waals surface area contributed by atoms with Gasteiger partial charge in [-0.25, -0.2) is 8.42 Å². The number of hydrogen-bond acceptors (Lipinski definition) is 3. The SMILES string of the molecule is CCCCN(CC)S(=O)(=O)c1ccc(CN)c(C)c1. The molecule has 0 radical (unpaired) electrons. The molecule has 0 aliphatic carbocycles. The highest BCUT2D eigenvalue weighted by Gasteiger charge is 2.22. The second-order valence-electron chi connectivity index (χ2n) is 4.64. The Bertz CT molecular complexity index is 512. The van der Waals surface area contributed by atoms with Crippen molar-refractivity contribution in [2.24, 2.45) is 5.73 Å². The number of unbranched alkanes of at least 4 members (excludes halogenated alkanes) is 1. The Kier molecular flexibility index (Phi) is 5.97. The summed E-state index contributed by atoms with van der Waals surface area (Å²) in [6, 6.07) is 5.17. The maximum absolute atomic E-state index is 12.5. The number of aryl methyl sites for hydroxylation is 1. The van der Waals surface area contributed by atoms with Crippen molar-refractivity contribution in [2.75, 3.05) is 13.1 Å². The van der Waals surface area contributed by atoms with Gasteiger partial charge in [0.25, 0.3) is 0 Å². The third kappa shape index (κ3) is 3.78. The number of benzene rings is 1. The lowest BCUT2D eigenvalue weighted by Crippen LogP contribution is -2.31. The van der Waals surface area contributed by atoms with Crippen molar-refractivity contribution in [2.45, 2.75) is 45.1 Å². The first-order chi connectivity index (χ1) is 8.97. The Morgan fingerprint density at radius 2 is 1.95 bits per heavy atom. The van der Waals surface area contributed by atoms with Crippen LogP contribution in [0, 0.1) is 6.92 Å². The maximum Gasteiger partial charge on any atom is 0.243 e. The summed E-state index contributed by atoms with van der Waals surface area (Å²) >= 11 is 0. The molecular formula is C14H24N2O2S. The van der Waals surface area contributed by atoms with Gasteiger partial charge < -0.3 is 5.73 Å². The zero-order chi connectivity index (χ0) is 14.5. The Morgan fingerprint density at radius 3 is 2.42 bits per heavy atom. The van der Waals surface area contributed by atoms with Crippen LogP contribution in [0.4, 0.5) is 0 Å². The van der Waals surface area contributed by atoms with Gasteiger partial charge in [0.2, 0.25) is 10.0 Å². The van der Waals surface area contributed by atoms with E-state index in [-0.39, 0.29) is 0 Å². The second-order valence-corrected chi connectivity index (χ2v) is 6.58. The summed E-state index contributed by atoms with van der Waals surface area (Å²) in [5, 5.41) is 0. The fourth-order valence-electron chi connectivity index (χ4n) is 1.99. The second kappa shape index (κ2) is 7.03. The molecule has 0 saturated heterocycles. The number of rotatable bonds is 7. The lowest BCUT2D eigenvalue weighted by atomic mass is 10.1. The highest BCUT2D eigenvalue weighted by Crippen LogP contribution is 2.19. The van der Waals surface area contributed by atoms with Gasteiger partial charge in [-0.3, -0.25) is 0 Å². The summed E-state index contributed by atoms with van der Waals surface area (Å²) in [4.78, 5) is 0.361. The summed E-state index contributed by atoms with van der Waals surface area (Å²) in [5.74, 6) is 0. The minimum Gasteiger partial charge on any atom is -0.326 e. The standard InChI is InChI=1S/C14H24N2O2S/c1-4-6-9-16(5-2)19(17,18)14-8-7-13(11-15)12(3)10-14/h7-8,10H,4-6,9,11,15H2,1-3H3. The van der Waals surface area contributed by atoms with Crippen LogP contribution in [0.15, 0.2) is 23.1 Å². The minimum absolute atomic E-state index is 0.361. The van der Waals surface area contributed by atoms with Crippen LogP contribution in [0.25, 0.3) is 0 Å². The normalized spacial score (nSPS) is 12.1. The quantitative estimate of drug-likeness (QED) is 0.835. The molecule has 0 aliphatic rings. The van der Waals surface area contributed by atoms with Gasteiger partial charge in [-0.05, 0) is 36.6 Å². The van der Waals surface area contributed by atoms with Crippen LogP contribution in [0.5, 0.6) is 0 Å². The summed E-state index contributed by atoms with van der Waals surface area (Å²) in [7, 11) is -3.38. The van der Waals surface area contributed by atoms with Gasteiger partial charge in [0, 0.05) is 19.6 Å². The molecule has 4 nitrogen and oxygen atoms in total. The topological polar surface area (TPSA) is 63.4 Å². The smallest absolute Gasteiger partial charge is 0.243 e. The lowest BCUT2D eigenvalue weighted by molar-refractivity contribution is 0.419. The first-order valence-corrected chi connectivity index (χ1v) is 8.21. The molecule has 0 fully saturated rings. The molecule has 0 saturated carbocycles. The minimum atomic E-state index is -3.38. The average Bonchev–Trinajstić information content (AvgIpc) is 2.39. The number of nitrogens with zero attached hydrogens (tertiary/aromatic N) is 1. The monoisotopic (exact) mass is 284 g/mol. The van der Waals surface area contributed by atoms with Gasteiger partial charge in [0.05, 0.1) is 4.90 Å². The van der Waals surface area contributed by atoms with Crippen molar-refractivity contribution in [3.05, 3.63) is 29.3 Å². The lowest BCUT2D eigenvalue weighted by Gasteiger charge is -2.20. The van der Waals surface area contributed by atoms with Crippen molar-refractivity contribution in [3.63, 3.8) is 0 Å². The number of hydrogen-bond donors (Lipinski definition) is 1. The highest BCUT2D eigenvalue weighted by molar-refractivity contribution is 7.89. The molecule has 1 rings (SSSR count). The van der Waals surface area contributed by atoms with Crippen LogP contribution >= 0.6 is 0 Å². The van der Waals surface area contributed by atoms with Crippen LogP contribution in [-0.2, 0) is 16.6 Å². The fourth-order valence-corrected chi connectivity index (χ4v) is 3.56. The molecule has 0 bridgehead atoms. The maximum atomic E-state index is 12.5. The van der Waals surface area contributed by atoms with Crippen LogP contribution in [-0.4, -0.2) is 25.8 Å². The van der Waals surface area contributed by atoms with E-state index in [1.807, 2.05) is 13.8 Å². The average molecular weight is 284 g/mol. The molecule has 19 heavy (non-hydrogen) atoms. The van der Waals surface area contributed by atoms with E-state index in [0.717, 1.165) is 24.0 Å². The molecule has 0 spiro atoms. The summed E-state index contributed by atoms with van der Waals surface area (Å²) < 4.78 is 26.6. The first-order valence-electron chi connectivity index (χ1n) is 6.77. The Balaban J connectivity index is 3.07.